The second-order valence-corrected chi connectivity index (χ2v) is 6.06. The second-order valence-electron chi connectivity index (χ2n) is 5.65. The second kappa shape index (κ2) is 7.28. The van der Waals surface area contributed by atoms with E-state index >= 15 is 0 Å². The zero-order valence-corrected chi connectivity index (χ0v) is 12.5. The highest BCUT2D eigenvalue weighted by molar-refractivity contribution is 6.31. The first-order chi connectivity index (χ1) is 9.20. The molecule has 0 heterocycles. The molecule has 1 aromatic rings. The Bertz CT molecular complexity index is 408. The van der Waals surface area contributed by atoms with Gasteiger partial charge in [-0.3, -0.25) is 0 Å². The lowest BCUT2D eigenvalue weighted by atomic mass is 9.80. The van der Waals surface area contributed by atoms with E-state index in [4.69, 9.17) is 22.1 Å². The van der Waals surface area contributed by atoms with Gasteiger partial charge in [-0.05, 0) is 55.3 Å². The van der Waals surface area contributed by atoms with Crippen molar-refractivity contribution in [1.29, 1.82) is 0 Å². The van der Waals surface area contributed by atoms with Gasteiger partial charge in [0.2, 0.25) is 0 Å². The van der Waals surface area contributed by atoms with E-state index in [1.54, 1.807) is 0 Å². The van der Waals surface area contributed by atoms with Crippen molar-refractivity contribution < 1.29 is 4.74 Å². The Kier molecular flexibility index (Phi) is 5.68. The number of hydrogen-bond acceptors (Lipinski definition) is 2. The molecule has 0 bridgehead atoms. The van der Waals surface area contributed by atoms with Gasteiger partial charge in [0, 0.05) is 5.02 Å². The largest absolute Gasteiger partial charge is 0.376 e. The fourth-order valence-corrected chi connectivity index (χ4v) is 3.19. The maximum absolute atomic E-state index is 6.21. The summed E-state index contributed by atoms with van der Waals surface area (Å²) in [5.41, 5.74) is 8.10. The lowest BCUT2D eigenvalue weighted by Gasteiger charge is -2.30. The molecule has 1 aliphatic carbocycles. The molecule has 1 aromatic carbocycles. The van der Waals surface area contributed by atoms with Crippen LogP contribution in [0.3, 0.4) is 0 Å². The van der Waals surface area contributed by atoms with Crippen LogP contribution >= 0.6 is 11.6 Å². The summed E-state index contributed by atoms with van der Waals surface area (Å²) >= 11 is 6.21. The van der Waals surface area contributed by atoms with E-state index in [0.29, 0.717) is 18.4 Å². The van der Waals surface area contributed by atoms with Crippen molar-refractivity contribution in [1.82, 2.24) is 0 Å². The first kappa shape index (κ1) is 14.8. The quantitative estimate of drug-likeness (QED) is 0.887. The maximum atomic E-state index is 6.21. The molecule has 2 rings (SSSR count). The van der Waals surface area contributed by atoms with Crippen molar-refractivity contribution in [2.75, 3.05) is 13.2 Å². The van der Waals surface area contributed by atoms with Crippen LogP contribution in [0.5, 0.6) is 0 Å². The summed E-state index contributed by atoms with van der Waals surface area (Å²) in [6.07, 6.45) is 5.15. The van der Waals surface area contributed by atoms with Crippen LogP contribution in [0.15, 0.2) is 18.2 Å². The molecular weight excluding hydrogens is 258 g/mol. The molecule has 106 valence electrons. The van der Waals surface area contributed by atoms with Crippen molar-refractivity contribution in [3.05, 3.63) is 34.3 Å². The van der Waals surface area contributed by atoms with Crippen LogP contribution in [-0.2, 0) is 11.3 Å². The number of aryl methyl sites for hydroxylation is 1. The molecule has 0 spiro atoms. The van der Waals surface area contributed by atoms with Crippen molar-refractivity contribution in [3.8, 4) is 0 Å². The molecule has 0 radical (unpaired) electrons. The van der Waals surface area contributed by atoms with Crippen molar-refractivity contribution in [2.24, 2.45) is 17.6 Å². The number of halogens is 1. The van der Waals surface area contributed by atoms with Gasteiger partial charge in [-0.15, -0.1) is 0 Å². The Morgan fingerprint density at radius 1 is 1.26 bits per heavy atom. The Labute approximate surface area is 121 Å². The number of benzene rings is 1. The lowest BCUT2D eigenvalue weighted by molar-refractivity contribution is 0.0512. The number of nitrogens with two attached hydrogens (primary N) is 1. The minimum Gasteiger partial charge on any atom is -0.376 e. The fourth-order valence-electron chi connectivity index (χ4n) is 2.90. The molecule has 2 atom stereocenters. The smallest absolute Gasteiger partial charge is 0.0731 e. The van der Waals surface area contributed by atoms with Crippen LogP contribution in [0.2, 0.25) is 5.02 Å². The zero-order chi connectivity index (χ0) is 13.7. The van der Waals surface area contributed by atoms with Crippen LogP contribution in [0.4, 0.5) is 0 Å². The minimum absolute atomic E-state index is 0.604. The van der Waals surface area contributed by atoms with Gasteiger partial charge in [-0.2, -0.15) is 0 Å². The number of rotatable bonds is 5. The molecule has 0 saturated heterocycles. The molecule has 2 unspecified atom stereocenters. The number of hydrogen-bond donors (Lipinski definition) is 1. The van der Waals surface area contributed by atoms with Crippen molar-refractivity contribution in [3.63, 3.8) is 0 Å². The molecule has 1 saturated carbocycles. The van der Waals surface area contributed by atoms with Gasteiger partial charge in [-0.1, -0.05) is 36.6 Å². The summed E-state index contributed by atoms with van der Waals surface area (Å²) in [6.45, 7) is 4.25. The highest BCUT2D eigenvalue weighted by atomic mass is 35.5. The molecule has 19 heavy (non-hydrogen) atoms. The third-order valence-corrected chi connectivity index (χ3v) is 4.52. The summed E-state index contributed by atoms with van der Waals surface area (Å²) in [6, 6.07) is 6.12. The van der Waals surface area contributed by atoms with E-state index in [2.05, 4.69) is 12.1 Å². The standard InChI is InChI=1S/C16H24ClNO/c1-12-6-7-15(16(17)8-12)11-19-10-14-5-3-2-4-13(14)9-18/h6-8,13-14H,2-5,9-11,18H2,1H3. The molecule has 1 fully saturated rings. The molecule has 0 amide bonds. The third kappa shape index (κ3) is 4.20. The first-order valence-corrected chi connectivity index (χ1v) is 7.61. The van der Waals surface area contributed by atoms with Crippen LogP contribution in [0, 0.1) is 18.8 Å². The van der Waals surface area contributed by atoms with Crippen molar-refractivity contribution >= 4 is 11.6 Å². The summed E-state index contributed by atoms with van der Waals surface area (Å²) in [4.78, 5) is 0. The van der Waals surface area contributed by atoms with Gasteiger partial charge in [0.25, 0.3) is 0 Å². The van der Waals surface area contributed by atoms with Gasteiger partial charge in [0.15, 0.2) is 0 Å². The Balaban J connectivity index is 1.82. The van der Waals surface area contributed by atoms with Gasteiger partial charge in [0.1, 0.15) is 0 Å². The van der Waals surface area contributed by atoms with E-state index in [1.807, 2.05) is 13.0 Å². The van der Waals surface area contributed by atoms with E-state index in [0.717, 1.165) is 23.7 Å². The van der Waals surface area contributed by atoms with E-state index < -0.39 is 0 Å². The lowest BCUT2D eigenvalue weighted by Crippen LogP contribution is -2.29. The topological polar surface area (TPSA) is 35.2 Å². The third-order valence-electron chi connectivity index (χ3n) is 4.17. The Hall–Kier alpha value is -0.570. The van der Waals surface area contributed by atoms with Crippen LogP contribution in [0.25, 0.3) is 0 Å². The first-order valence-electron chi connectivity index (χ1n) is 7.23. The van der Waals surface area contributed by atoms with Crippen LogP contribution < -0.4 is 5.73 Å². The highest BCUT2D eigenvalue weighted by Gasteiger charge is 2.23. The summed E-state index contributed by atoms with van der Waals surface area (Å²) in [5.74, 6) is 1.27. The molecule has 2 nitrogen and oxygen atoms in total. The van der Waals surface area contributed by atoms with E-state index in [-0.39, 0.29) is 0 Å². The molecule has 3 heteroatoms. The highest BCUT2D eigenvalue weighted by Crippen LogP contribution is 2.30. The number of ether oxygens (including phenoxy) is 1. The Morgan fingerprint density at radius 2 is 2.00 bits per heavy atom. The van der Waals surface area contributed by atoms with Crippen molar-refractivity contribution in [2.45, 2.75) is 39.2 Å². The van der Waals surface area contributed by atoms with Gasteiger partial charge < -0.3 is 10.5 Å². The molecule has 0 aliphatic heterocycles. The van der Waals surface area contributed by atoms with Gasteiger partial charge >= 0.3 is 0 Å². The molecule has 2 N–H and O–H groups in total. The summed E-state index contributed by atoms with van der Waals surface area (Å²) in [7, 11) is 0. The van der Waals surface area contributed by atoms with Gasteiger partial charge in [0.05, 0.1) is 13.2 Å². The van der Waals surface area contributed by atoms with Crippen LogP contribution in [0.1, 0.15) is 36.8 Å². The molecule has 0 aromatic heterocycles. The summed E-state index contributed by atoms with van der Waals surface area (Å²) in [5, 5.41) is 0.805. The minimum atomic E-state index is 0.604. The zero-order valence-electron chi connectivity index (χ0n) is 11.7. The fraction of sp³-hybridized carbons (Fsp3) is 0.625. The predicted octanol–water partition coefficient (Wildman–Crippen LogP) is 3.93. The average molecular weight is 282 g/mol. The molecule has 1 aliphatic rings. The Morgan fingerprint density at radius 3 is 2.68 bits per heavy atom. The van der Waals surface area contributed by atoms with E-state index in [9.17, 15) is 0 Å². The SMILES string of the molecule is Cc1ccc(COCC2CCCCC2CN)c(Cl)c1. The predicted molar refractivity (Wildman–Crippen MR) is 80.3 cm³/mol. The average Bonchev–Trinajstić information content (AvgIpc) is 2.42. The summed E-state index contributed by atoms with van der Waals surface area (Å²) < 4.78 is 5.87. The van der Waals surface area contributed by atoms with E-state index in [1.165, 1.54) is 31.2 Å². The van der Waals surface area contributed by atoms with Gasteiger partial charge in [-0.25, -0.2) is 0 Å². The monoisotopic (exact) mass is 281 g/mol. The molecular formula is C16H24ClNO. The normalized spacial score (nSPS) is 23.5. The van der Waals surface area contributed by atoms with Crippen LogP contribution in [-0.4, -0.2) is 13.2 Å². The maximum Gasteiger partial charge on any atom is 0.0731 e.